The van der Waals surface area contributed by atoms with Crippen molar-refractivity contribution in [3.05, 3.63) is 29.8 Å². The lowest BCUT2D eigenvalue weighted by Gasteiger charge is -2.30. The molecular formula is C16H23NO2. The quantitative estimate of drug-likeness (QED) is 0.833. The largest absolute Gasteiger partial charge is 0.480 e. The Labute approximate surface area is 115 Å². The van der Waals surface area contributed by atoms with Gasteiger partial charge in [-0.15, -0.1) is 0 Å². The Morgan fingerprint density at radius 1 is 1.26 bits per heavy atom. The van der Waals surface area contributed by atoms with Gasteiger partial charge >= 0.3 is 0 Å². The van der Waals surface area contributed by atoms with Gasteiger partial charge in [-0.25, -0.2) is 0 Å². The number of rotatable bonds is 4. The van der Waals surface area contributed by atoms with Gasteiger partial charge in [0.25, 0.3) is 5.91 Å². The molecule has 19 heavy (non-hydrogen) atoms. The molecule has 1 heterocycles. The number of carbonyl (C=O) groups excluding carboxylic acids is 1. The van der Waals surface area contributed by atoms with Crippen LogP contribution in [-0.4, -0.2) is 30.0 Å². The molecular weight excluding hydrogens is 238 g/mol. The summed E-state index contributed by atoms with van der Waals surface area (Å²) in [7, 11) is 0. The molecule has 0 radical (unpaired) electrons. The van der Waals surface area contributed by atoms with E-state index in [-0.39, 0.29) is 12.0 Å². The van der Waals surface area contributed by atoms with Gasteiger partial charge in [0, 0.05) is 13.1 Å². The third-order valence-electron chi connectivity index (χ3n) is 3.68. The first-order valence-corrected chi connectivity index (χ1v) is 7.23. The van der Waals surface area contributed by atoms with Crippen molar-refractivity contribution < 1.29 is 9.53 Å². The minimum Gasteiger partial charge on any atom is -0.480 e. The minimum absolute atomic E-state index is 0.144. The molecule has 1 amide bonds. The predicted octanol–water partition coefficient (Wildman–Crippen LogP) is 3.16. The fourth-order valence-electron chi connectivity index (χ4n) is 2.47. The normalized spacial score (nSPS) is 17.1. The first kappa shape index (κ1) is 13.9. The lowest BCUT2D eigenvalue weighted by atomic mass is 10.1. The number of piperidine rings is 1. The zero-order valence-electron chi connectivity index (χ0n) is 11.9. The summed E-state index contributed by atoms with van der Waals surface area (Å²) in [6, 6.07) is 7.87. The van der Waals surface area contributed by atoms with Crippen molar-refractivity contribution in [3.8, 4) is 5.75 Å². The molecule has 0 spiro atoms. The summed E-state index contributed by atoms with van der Waals surface area (Å²) in [6.07, 6.45) is 3.83. The van der Waals surface area contributed by atoms with Crippen molar-refractivity contribution in [2.75, 3.05) is 13.1 Å². The van der Waals surface area contributed by atoms with Gasteiger partial charge in [0.2, 0.25) is 0 Å². The van der Waals surface area contributed by atoms with Crippen molar-refractivity contribution in [3.63, 3.8) is 0 Å². The molecule has 1 aliphatic heterocycles. The lowest BCUT2D eigenvalue weighted by Crippen LogP contribution is -2.44. The van der Waals surface area contributed by atoms with Crippen LogP contribution in [0.5, 0.6) is 5.75 Å². The zero-order valence-corrected chi connectivity index (χ0v) is 11.9. The van der Waals surface area contributed by atoms with Crippen LogP contribution in [0.1, 0.15) is 38.2 Å². The van der Waals surface area contributed by atoms with Gasteiger partial charge in [-0.05, 0) is 44.2 Å². The van der Waals surface area contributed by atoms with Crippen molar-refractivity contribution in [1.82, 2.24) is 4.90 Å². The number of hydrogen-bond donors (Lipinski definition) is 0. The topological polar surface area (TPSA) is 29.5 Å². The SMILES string of the molecule is CC[C@@H](Oc1ccccc1C)C(=O)N1CCCCC1. The molecule has 1 fully saturated rings. The third-order valence-corrected chi connectivity index (χ3v) is 3.68. The van der Waals surface area contributed by atoms with E-state index in [2.05, 4.69) is 0 Å². The molecule has 2 rings (SSSR count). The Kier molecular flexibility index (Phi) is 4.83. The average Bonchev–Trinajstić information content (AvgIpc) is 2.47. The van der Waals surface area contributed by atoms with E-state index in [4.69, 9.17) is 4.74 Å². The predicted molar refractivity (Wildman–Crippen MR) is 76.3 cm³/mol. The van der Waals surface area contributed by atoms with Crippen LogP contribution in [0.2, 0.25) is 0 Å². The van der Waals surface area contributed by atoms with Gasteiger partial charge in [0.05, 0.1) is 0 Å². The molecule has 1 saturated heterocycles. The summed E-state index contributed by atoms with van der Waals surface area (Å²) in [6.45, 7) is 5.77. The highest BCUT2D eigenvalue weighted by Gasteiger charge is 2.25. The maximum atomic E-state index is 12.4. The Balaban J connectivity index is 2.03. The molecule has 1 aliphatic rings. The van der Waals surface area contributed by atoms with E-state index in [0.717, 1.165) is 37.2 Å². The number of likely N-dealkylation sites (tertiary alicyclic amines) is 1. The van der Waals surface area contributed by atoms with Crippen molar-refractivity contribution in [2.24, 2.45) is 0 Å². The standard InChI is InChI=1S/C16H23NO2/c1-3-14(16(18)17-11-7-4-8-12-17)19-15-10-6-5-9-13(15)2/h5-6,9-10,14H,3-4,7-8,11-12H2,1-2H3/t14-/m1/s1. The van der Waals surface area contributed by atoms with Crippen LogP contribution in [0.4, 0.5) is 0 Å². The van der Waals surface area contributed by atoms with E-state index in [1.165, 1.54) is 6.42 Å². The number of para-hydroxylation sites is 1. The van der Waals surface area contributed by atoms with Crippen molar-refractivity contribution in [2.45, 2.75) is 45.6 Å². The smallest absolute Gasteiger partial charge is 0.263 e. The third kappa shape index (κ3) is 3.49. The highest BCUT2D eigenvalue weighted by atomic mass is 16.5. The number of benzene rings is 1. The highest BCUT2D eigenvalue weighted by Crippen LogP contribution is 2.20. The Morgan fingerprint density at radius 3 is 2.58 bits per heavy atom. The van der Waals surface area contributed by atoms with Crippen LogP contribution >= 0.6 is 0 Å². The van der Waals surface area contributed by atoms with Gasteiger partial charge in [0.1, 0.15) is 5.75 Å². The number of carbonyl (C=O) groups is 1. The Bertz CT molecular complexity index is 425. The molecule has 0 aromatic heterocycles. The van der Waals surface area contributed by atoms with Crippen molar-refractivity contribution in [1.29, 1.82) is 0 Å². The number of nitrogens with zero attached hydrogens (tertiary/aromatic N) is 1. The molecule has 1 aromatic rings. The van der Waals surface area contributed by atoms with Crippen LogP contribution in [0.15, 0.2) is 24.3 Å². The summed E-state index contributed by atoms with van der Waals surface area (Å²) in [5, 5.41) is 0. The van der Waals surface area contributed by atoms with Gasteiger partial charge in [-0.3, -0.25) is 4.79 Å². The van der Waals surface area contributed by atoms with E-state index >= 15 is 0 Å². The number of hydrogen-bond acceptors (Lipinski definition) is 2. The van der Waals surface area contributed by atoms with E-state index in [1.54, 1.807) is 0 Å². The Hall–Kier alpha value is -1.51. The summed E-state index contributed by atoms with van der Waals surface area (Å²) in [5.74, 6) is 0.963. The molecule has 0 unspecified atom stereocenters. The summed E-state index contributed by atoms with van der Waals surface area (Å²) in [5.41, 5.74) is 1.08. The summed E-state index contributed by atoms with van der Waals surface area (Å²) < 4.78 is 5.92. The van der Waals surface area contributed by atoms with Crippen molar-refractivity contribution >= 4 is 5.91 Å². The first-order valence-electron chi connectivity index (χ1n) is 7.23. The molecule has 0 saturated carbocycles. The van der Waals surface area contributed by atoms with Gasteiger partial charge < -0.3 is 9.64 Å². The maximum absolute atomic E-state index is 12.4. The lowest BCUT2D eigenvalue weighted by molar-refractivity contribution is -0.139. The van der Waals surface area contributed by atoms with Gasteiger partial charge in [-0.1, -0.05) is 25.1 Å². The molecule has 104 valence electrons. The van der Waals surface area contributed by atoms with Crippen LogP contribution in [0, 0.1) is 6.92 Å². The molecule has 1 atom stereocenters. The molecule has 1 aromatic carbocycles. The van der Waals surface area contributed by atoms with Gasteiger partial charge in [0.15, 0.2) is 6.10 Å². The number of amides is 1. The number of aryl methyl sites for hydroxylation is 1. The summed E-state index contributed by atoms with van der Waals surface area (Å²) >= 11 is 0. The van der Waals surface area contributed by atoms with E-state index in [9.17, 15) is 4.79 Å². The average molecular weight is 261 g/mol. The van der Waals surface area contributed by atoms with Gasteiger partial charge in [-0.2, -0.15) is 0 Å². The second kappa shape index (κ2) is 6.60. The second-order valence-corrected chi connectivity index (χ2v) is 5.17. The molecule has 0 N–H and O–H groups in total. The summed E-state index contributed by atoms with van der Waals surface area (Å²) in [4.78, 5) is 14.4. The van der Waals surface area contributed by atoms with Crippen LogP contribution in [0.25, 0.3) is 0 Å². The first-order chi connectivity index (χ1) is 9.22. The fourth-order valence-corrected chi connectivity index (χ4v) is 2.47. The minimum atomic E-state index is -0.348. The van der Waals surface area contributed by atoms with E-state index in [1.807, 2.05) is 43.0 Å². The molecule has 0 aliphatic carbocycles. The van der Waals surface area contributed by atoms with Crippen LogP contribution in [0.3, 0.4) is 0 Å². The molecule has 0 bridgehead atoms. The molecule has 3 heteroatoms. The zero-order chi connectivity index (χ0) is 13.7. The Morgan fingerprint density at radius 2 is 1.95 bits per heavy atom. The number of ether oxygens (including phenoxy) is 1. The second-order valence-electron chi connectivity index (χ2n) is 5.17. The monoisotopic (exact) mass is 261 g/mol. The van der Waals surface area contributed by atoms with E-state index in [0.29, 0.717) is 6.42 Å². The van der Waals surface area contributed by atoms with Crippen LogP contribution in [-0.2, 0) is 4.79 Å². The fraction of sp³-hybridized carbons (Fsp3) is 0.562. The molecule has 3 nitrogen and oxygen atoms in total. The maximum Gasteiger partial charge on any atom is 0.263 e. The van der Waals surface area contributed by atoms with Crippen LogP contribution < -0.4 is 4.74 Å². The highest BCUT2D eigenvalue weighted by molar-refractivity contribution is 5.81. The van der Waals surface area contributed by atoms with E-state index < -0.39 is 0 Å².